The lowest BCUT2D eigenvalue weighted by molar-refractivity contribution is -0.0423. The molecule has 0 bridgehead atoms. The molecule has 2 N–H and O–H groups in total. The molecule has 1 aromatic heterocycles. The molecule has 0 aromatic carbocycles. The van der Waals surface area contributed by atoms with Gasteiger partial charge in [-0.3, -0.25) is 0 Å². The van der Waals surface area contributed by atoms with Crippen LogP contribution in [-0.4, -0.2) is 47.1 Å². The monoisotopic (exact) mass is 280 g/mol. The predicted octanol–water partition coefficient (Wildman–Crippen LogP) is 1.28. The molecule has 1 aliphatic heterocycles. The zero-order valence-corrected chi connectivity index (χ0v) is 12.4. The van der Waals surface area contributed by atoms with Crippen molar-refractivity contribution in [3.63, 3.8) is 0 Å². The highest BCUT2D eigenvalue weighted by Crippen LogP contribution is 2.23. The summed E-state index contributed by atoms with van der Waals surface area (Å²) in [6.07, 6.45) is -0.121. The van der Waals surface area contributed by atoms with Crippen molar-refractivity contribution in [3.8, 4) is 0 Å². The van der Waals surface area contributed by atoms with Gasteiger partial charge in [-0.15, -0.1) is 0 Å². The van der Waals surface area contributed by atoms with Crippen molar-refractivity contribution in [1.82, 2.24) is 4.98 Å². The van der Waals surface area contributed by atoms with Crippen LogP contribution in [0.3, 0.4) is 0 Å². The van der Waals surface area contributed by atoms with Gasteiger partial charge in [-0.25, -0.2) is 4.98 Å². The SMILES string of the molecule is CC1CN(c2cc(CO)cc(C(C)C)n2)CC(CO)O1. The van der Waals surface area contributed by atoms with Gasteiger partial charge < -0.3 is 19.8 Å². The second kappa shape index (κ2) is 6.52. The Morgan fingerprint density at radius 3 is 2.70 bits per heavy atom. The van der Waals surface area contributed by atoms with Gasteiger partial charge >= 0.3 is 0 Å². The molecule has 112 valence electrons. The molecule has 0 aliphatic carbocycles. The van der Waals surface area contributed by atoms with Gasteiger partial charge in [-0.05, 0) is 30.5 Å². The van der Waals surface area contributed by atoms with E-state index in [1.807, 2.05) is 19.1 Å². The molecule has 2 rings (SSSR count). The van der Waals surface area contributed by atoms with Crippen molar-refractivity contribution in [3.05, 3.63) is 23.4 Å². The van der Waals surface area contributed by atoms with E-state index < -0.39 is 0 Å². The highest BCUT2D eigenvalue weighted by molar-refractivity contribution is 5.44. The number of aliphatic hydroxyl groups excluding tert-OH is 2. The number of pyridine rings is 1. The quantitative estimate of drug-likeness (QED) is 0.870. The van der Waals surface area contributed by atoms with Gasteiger partial charge in [0.25, 0.3) is 0 Å². The summed E-state index contributed by atoms with van der Waals surface area (Å²) < 4.78 is 5.65. The fraction of sp³-hybridized carbons (Fsp3) is 0.667. The van der Waals surface area contributed by atoms with Crippen LogP contribution in [0.1, 0.15) is 37.9 Å². The van der Waals surface area contributed by atoms with E-state index in [9.17, 15) is 10.2 Å². The van der Waals surface area contributed by atoms with Crippen LogP contribution in [0.2, 0.25) is 0 Å². The Balaban J connectivity index is 2.28. The van der Waals surface area contributed by atoms with Gasteiger partial charge in [0.05, 0.1) is 25.4 Å². The first-order valence-corrected chi connectivity index (χ1v) is 7.16. The summed E-state index contributed by atoms with van der Waals surface area (Å²) in [5, 5.41) is 18.7. The van der Waals surface area contributed by atoms with Crippen LogP contribution in [0.4, 0.5) is 5.82 Å². The molecule has 1 fully saturated rings. The molecule has 0 saturated carbocycles. The minimum absolute atomic E-state index is 0.0115. The second-order valence-corrected chi connectivity index (χ2v) is 5.73. The number of hydrogen-bond acceptors (Lipinski definition) is 5. The Labute approximate surface area is 120 Å². The highest BCUT2D eigenvalue weighted by Gasteiger charge is 2.26. The Hall–Kier alpha value is -1.17. The van der Waals surface area contributed by atoms with Gasteiger partial charge in [0.1, 0.15) is 5.82 Å². The zero-order chi connectivity index (χ0) is 14.7. The lowest BCUT2D eigenvalue weighted by atomic mass is 10.1. The zero-order valence-electron chi connectivity index (χ0n) is 12.4. The van der Waals surface area contributed by atoms with Crippen molar-refractivity contribution < 1.29 is 14.9 Å². The summed E-state index contributed by atoms with van der Waals surface area (Å²) in [7, 11) is 0. The number of rotatable bonds is 4. The summed E-state index contributed by atoms with van der Waals surface area (Å²) in [6, 6.07) is 3.86. The first-order valence-electron chi connectivity index (χ1n) is 7.16. The minimum atomic E-state index is -0.180. The number of hydrogen-bond donors (Lipinski definition) is 2. The fourth-order valence-corrected chi connectivity index (χ4v) is 2.48. The Morgan fingerprint density at radius 2 is 2.10 bits per heavy atom. The van der Waals surface area contributed by atoms with E-state index in [-0.39, 0.29) is 25.4 Å². The van der Waals surface area contributed by atoms with E-state index >= 15 is 0 Å². The molecule has 2 atom stereocenters. The van der Waals surface area contributed by atoms with Crippen LogP contribution in [0, 0.1) is 0 Å². The maximum absolute atomic E-state index is 9.41. The van der Waals surface area contributed by atoms with Crippen LogP contribution < -0.4 is 4.90 Å². The average molecular weight is 280 g/mol. The van der Waals surface area contributed by atoms with E-state index in [1.54, 1.807) is 0 Å². The van der Waals surface area contributed by atoms with E-state index in [1.165, 1.54) is 0 Å². The predicted molar refractivity (Wildman–Crippen MR) is 77.9 cm³/mol. The van der Waals surface area contributed by atoms with Crippen LogP contribution >= 0.6 is 0 Å². The van der Waals surface area contributed by atoms with E-state index in [0.717, 1.165) is 23.6 Å². The standard InChI is InChI=1S/C15H24N2O3/c1-10(2)14-4-12(8-18)5-15(16-14)17-6-11(3)20-13(7-17)9-19/h4-5,10-11,13,18-19H,6-9H2,1-3H3. The van der Waals surface area contributed by atoms with E-state index in [0.29, 0.717) is 12.5 Å². The molecule has 20 heavy (non-hydrogen) atoms. The van der Waals surface area contributed by atoms with Crippen LogP contribution in [0.5, 0.6) is 0 Å². The largest absolute Gasteiger partial charge is 0.394 e. The van der Waals surface area contributed by atoms with Gasteiger partial charge in [0.15, 0.2) is 0 Å². The fourth-order valence-electron chi connectivity index (χ4n) is 2.48. The minimum Gasteiger partial charge on any atom is -0.394 e. The van der Waals surface area contributed by atoms with Crippen LogP contribution in [-0.2, 0) is 11.3 Å². The summed E-state index contributed by atoms with van der Waals surface area (Å²) in [5.74, 6) is 1.17. The number of aliphatic hydroxyl groups is 2. The topological polar surface area (TPSA) is 65.8 Å². The number of morpholine rings is 1. The molecule has 1 aliphatic rings. The molecule has 5 heteroatoms. The first-order chi connectivity index (χ1) is 9.53. The van der Waals surface area contributed by atoms with Gasteiger partial charge in [0.2, 0.25) is 0 Å². The number of ether oxygens (including phenoxy) is 1. The molecule has 1 aromatic rings. The van der Waals surface area contributed by atoms with Crippen molar-refractivity contribution in [2.75, 3.05) is 24.6 Å². The molecule has 1 saturated heterocycles. The van der Waals surface area contributed by atoms with Crippen molar-refractivity contribution in [2.24, 2.45) is 0 Å². The number of anilines is 1. The average Bonchev–Trinajstić information content (AvgIpc) is 2.45. The van der Waals surface area contributed by atoms with Gasteiger partial charge in [0, 0.05) is 18.8 Å². The van der Waals surface area contributed by atoms with E-state index in [4.69, 9.17) is 4.74 Å². The number of aromatic nitrogens is 1. The summed E-state index contributed by atoms with van der Waals surface area (Å²) in [5.41, 5.74) is 1.85. The number of nitrogens with zero attached hydrogens (tertiary/aromatic N) is 2. The van der Waals surface area contributed by atoms with Crippen LogP contribution in [0.25, 0.3) is 0 Å². The van der Waals surface area contributed by atoms with Gasteiger partial charge in [-0.1, -0.05) is 13.8 Å². The smallest absolute Gasteiger partial charge is 0.129 e. The lowest BCUT2D eigenvalue weighted by Crippen LogP contribution is -2.48. The Bertz CT molecular complexity index is 451. The third-order valence-corrected chi connectivity index (χ3v) is 3.52. The van der Waals surface area contributed by atoms with Gasteiger partial charge in [-0.2, -0.15) is 0 Å². The Kier molecular flexibility index (Phi) is 4.96. The normalized spacial score (nSPS) is 23.4. The summed E-state index contributed by atoms with van der Waals surface area (Å²) >= 11 is 0. The lowest BCUT2D eigenvalue weighted by Gasteiger charge is -2.37. The summed E-state index contributed by atoms with van der Waals surface area (Å²) in [4.78, 5) is 6.81. The van der Waals surface area contributed by atoms with Crippen molar-refractivity contribution in [2.45, 2.75) is 45.5 Å². The summed E-state index contributed by atoms with van der Waals surface area (Å²) in [6.45, 7) is 7.57. The molecule has 0 amide bonds. The van der Waals surface area contributed by atoms with Crippen molar-refractivity contribution >= 4 is 5.82 Å². The maximum Gasteiger partial charge on any atom is 0.129 e. The highest BCUT2D eigenvalue weighted by atomic mass is 16.5. The molecule has 5 nitrogen and oxygen atoms in total. The molecule has 0 spiro atoms. The van der Waals surface area contributed by atoms with E-state index in [2.05, 4.69) is 23.7 Å². The Morgan fingerprint density at radius 1 is 1.35 bits per heavy atom. The van der Waals surface area contributed by atoms with Crippen molar-refractivity contribution in [1.29, 1.82) is 0 Å². The molecular weight excluding hydrogens is 256 g/mol. The molecule has 0 radical (unpaired) electrons. The third-order valence-electron chi connectivity index (χ3n) is 3.52. The maximum atomic E-state index is 9.41. The first kappa shape index (κ1) is 15.2. The third kappa shape index (κ3) is 3.48. The second-order valence-electron chi connectivity index (χ2n) is 5.73. The molecular formula is C15H24N2O3. The molecule has 2 heterocycles. The van der Waals surface area contributed by atoms with Crippen LogP contribution in [0.15, 0.2) is 12.1 Å². The molecule has 2 unspecified atom stereocenters.